The van der Waals surface area contributed by atoms with Crippen LogP contribution in [0, 0.1) is 5.82 Å². The average molecular weight is 252 g/mol. The lowest BCUT2D eigenvalue weighted by Gasteiger charge is -2.30. The lowest BCUT2D eigenvalue weighted by Crippen LogP contribution is -2.47. The first-order valence-corrected chi connectivity index (χ1v) is 5.93. The van der Waals surface area contributed by atoms with E-state index in [1.54, 1.807) is 11.0 Å². The molecule has 0 aliphatic carbocycles. The number of carbonyl (C=O) groups is 1. The van der Waals surface area contributed by atoms with Crippen molar-refractivity contribution in [3.63, 3.8) is 0 Å². The maximum absolute atomic E-state index is 13.7. The van der Waals surface area contributed by atoms with Crippen LogP contribution in [0.5, 0.6) is 0 Å². The van der Waals surface area contributed by atoms with Crippen molar-refractivity contribution in [1.29, 1.82) is 0 Å². The maximum Gasteiger partial charge on any atom is 0.242 e. The fourth-order valence-electron chi connectivity index (χ4n) is 2.21. The Balaban J connectivity index is 2.12. The van der Waals surface area contributed by atoms with Crippen molar-refractivity contribution in [3.05, 3.63) is 35.1 Å². The van der Waals surface area contributed by atoms with Gasteiger partial charge in [0.1, 0.15) is 11.9 Å². The third-order valence-electron chi connectivity index (χ3n) is 3.19. The average Bonchev–Trinajstić information content (AvgIpc) is 2.38. The third kappa shape index (κ3) is 2.52. The Kier molecular flexibility index (Phi) is 3.93. The van der Waals surface area contributed by atoms with Crippen LogP contribution in [0.15, 0.2) is 18.2 Å². The van der Waals surface area contributed by atoms with Crippen molar-refractivity contribution >= 4 is 5.91 Å². The highest BCUT2D eigenvalue weighted by Crippen LogP contribution is 2.21. The minimum absolute atomic E-state index is 0.180. The minimum atomic E-state index is -0.677. The molecule has 1 aromatic carbocycles. The summed E-state index contributed by atoms with van der Waals surface area (Å²) < 4.78 is 18.5. The summed E-state index contributed by atoms with van der Waals surface area (Å²) in [5.41, 5.74) is 7.28. The van der Waals surface area contributed by atoms with Crippen molar-refractivity contribution in [3.8, 4) is 0 Å². The number of carbonyl (C=O) groups excluding carboxylic acids is 1. The number of hydrogen-bond acceptors (Lipinski definition) is 3. The topological polar surface area (TPSA) is 55.6 Å². The van der Waals surface area contributed by atoms with E-state index >= 15 is 0 Å². The highest BCUT2D eigenvalue weighted by molar-refractivity contribution is 5.82. The zero-order valence-electron chi connectivity index (χ0n) is 10.4. The van der Waals surface area contributed by atoms with Gasteiger partial charge in [-0.05, 0) is 18.1 Å². The zero-order valence-corrected chi connectivity index (χ0v) is 10.4. The number of ether oxygens (including phenoxy) is 1. The van der Waals surface area contributed by atoms with Gasteiger partial charge in [0.25, 0.3) is 0 Å². The monoisotopic (exact) mass is 252 g/mol. The van der Waals surface area contributed by atoms with Gasteiger partial charge in [0, 0.05) is 25.8 Å². The summed E-state index contributed by atoms with van der Waals surface area (Å²) in [4.78, 5) is 13.6. The number of hydrogen-bond donors (Lipinski definition) is 1. The Hall–Kier alpha value is -1.46. The quantitative estimate of drug-likeness (QED) is 0.861. The molecule has 2 N–H and O–H groups in total. The fourth-order valence-corrected chi connectivity index (χ4v) is 2.21. The van der Waals surface area contributed by atoms with Gasteiger partial charge in [-0.1, -0.05) is 12.1 Å². The lowest BCUT2D eigenvalue weighted by atomic mass is 9.99. The Bertz CT molecular complexity index is 451. The first kappa shape index (κ1) is 13.0. The van der Waals surface area contributed by atoms with E-state index in [0.717, 1.165) is 5.56 Å². The molecule has 1 amide bonds. The van der Waals surface area contributed by atoms with Crippen molar-refractivity contribution < 1.29 is 13.9 Å². The van der Waals surface area contributed by atoms with E-state index in [1.807, 2.05) is 6.07 Å². The molecule has 0 spiro atoms. The Morgan fingerprint density at radius 1 is 1.61 bits per heavy atom. The predicted molar refractivity (Wildman–Crippen MR) is 65.4 cm³/mol. The summed E-state index contributed by atoms with van der Waals surface area (Å²) >= 11 is 0. The van der Waals surface area contributed by atoms with E-state index < -0.39 is 6.04 Å². The number of nitrogens with zero attached hydrogens (tertiary/aromatic N) is 1. The van der Waals surface area contributed by atoms with Gasteiger partial charge in [-0.2, -0.15) is 0 Å². The van der Waals surface area contributed by atoms with Crippen LogP contribution in [0.3, 0.4) is 0 Å². The van der Waals surface area contributed by atoms with Gasteiger partial charge in [0.05, 0.1) is 6.61 Å². The highest BCUT2D eigenvalue weighted by atomic mass is 19.1. The van der Waals surface area contributed by atoms with Gasteiger partial charge in [0.15, 0.2) is 0 Å². The van der Waals surface area contributed by atoms with Crippen LogP contribution in [0.2, 0.25) is 0 Å². The zero-order chi connectivity index (χ0) is 13.1. The number of benzene rings is 1. The molecular formula is C13H17FN2O2. The van der Waals surface area contributed by atoms with Crippen molar-refractivity contribution in [2.24, 2.45) is 5.73 Å². The summed E-state index contributed by atoms with van der Waals surface area (Å²) in [5.74, 6) is -0.448. The number of fused-ring (bicyclic) bond motifs is 1. The van der Waals surface area contributed by atoms with E-state index in [0.29, 0.717) is 18.5 Å². The first-order chi connectivity index (χ1) is 8.63. The molecule has 1 heterocycles. The number of amides is 1. The van der Waals surface area contributed by atoms with Crippen LogP contribution in [-0.2, 0) is 22.5 Å². The van der Waals surface area contributed by atoms with Gasteiger partial charge in [-0.3, -0.25) is 4.79 Å². The molecule has 1 aliphatic rings. The van der Waals surface area contributed by atoms with Crippen LogP contribution in [0.4, 0.5) is 4.39 Å². The molecule has 1 unspecified atom stereocenters. The van der Waals surface area contributed by atoms with Gasteiger partial charge >= 0.3 is 0 Å². The van der Waals surface area contributed by atoms with E-state index in [1.165, 1.54) is 13.2 Å². The largest absolute Gasteiger partial charge is 0.383 e. The summed E-state index contributed by atoms with van der Waals surface area (Å²) in [6.45, 7) is 1.05. The van der Waals surface area contributed by atoms with Gasteiger partial charge in [-0.25, -0.2) is 4.39 Å². The minimum Gasteiger partial charge on any atom is -0.383 e. The van der Waals surface area contributed by atoms with Crippen molar-refractivity contribution in [2.75, 3.05) is 20.3 Å². The highest BCUT2D eigenvalue weighted by Gasteiger charge is 2.26. The van der Waals surface area contributed by atoms with Crippen molar-refractivity contribution in [1.82, 2.24) is 4.90 Å². The van der Waals surface area contributed by atoms with Gasteiger partial charge in [-0.15, -0.1) is 0 Å². The summed E-state index contributed by atoms with van der Waals surface area (Å²) in [7, 11) is 1.50. The first-order valence-electron chi connectivity index (χ1n) is 5.93. The molecule has 1 aliphatic heterocycles. The molecule has 0 fully saturated rings. The van der Waals surface area contributed by atoms with Gasteiger partial charge in [0.2, 0.25) is 5.91 Å². The molecule has 0 saturated heterocycles. The number of rotatable bonds is 3. The second kappa shape index (κ2) is 5.46. The van der Waals surface area contributed by atoms with E-state index in [-0.39, 0.29) is 24.9 Å². The molecule has 0 bridgehead atoms. The molecule has 4 nitrogen and oxygen atoms in total. The van der Waals surface area contributed by atoms with Crippen LogP contribution in [0.25, 0.3) is 0 Å². The Morgan fingerprint density at radius 3 is 3.11 bits per heavy atom. The van der Waals surface area contributed by atoms with Gasteiger partial charge < -0.3 is 15.4 Å². The second-order valence-corrected chi connectivity index (χ2v) is 4.45. The van der Waals surface area contributed by atoms with E-state index in [4.69, 9.17) is 10.5 Å². The van der Waals surface area contributed by atoms with E-state index in [9.17, 15) is 9.18 Å². The number of methoxy groups -OCH3 is 1. The summed E-state index contributed by atoms with van der Waals surface area (Å²) in [6.07, 6.45) is 0.665. The maximum atomic E-state index is 13.7. The third-order valence-corrected chi connectivity index (χ3v) is 3.19. The molecule has 0 aromatic heterocycles. The van der Waals surface area contributed by atoms with Crippen LogP contribution in [-0.4, -0.2) is 37.1 Å². The fraction of sp³-hybridized carbons (Fsp3) is 0.462. The molecule has 1 atom stereocenters. The lowest BCUT2D eigenvalue weighted by molar-refractivity contribution is -0.134. The second-order valence-electron chi connectivity index (χ2n) is 4.45. The van der Waals surface area contributed by atoms with Crippen LogP contribution >= 0.6 is 0 Å². The molecule has 5 heteroatoms. The van der Waals surface area contributed by atoms with Crippen LogP contribution < -0.4 is 5.73 Å². The standard InChI is InChI=1S/C13H17FN2O2/c1-18-8-12(15)13(17)16-6-5-9-3-2-4-11(14)10(9)7-16/h2-4,12H,5-8,15H2,1H3. The summed E-state index contributed by atoms with van der Waals surface area (Å²) in [5, 5.41) is 0. The molecule has 98 valence electrons. The molecule has 0 radical (unpaired) electrons. The molecule has 1 aromatic rings. The molecule has 0 saturated carbocycles. The molecule has 18 heavy (non-hydrogen) atoms. The Morgan fingerprint density at radius 2 is 2.39 bits per heavy atom. The number of halogens is 1. The Labute approximate surface area is 106 Å². The normalized spacial score (nSPS) is 16.3. The van der Waals surface area contributed by atoms with Crippen molar-refractivity contribution in [2.45, 2.75) is 19.0 Å². The van der Waals surface area contributed by atoms with Crippen LogP contribution in [0.1, 0.15) is 11.1 Å². The molecule has 2 rings (SSSR count). The molecular weight excluding hydrogens is 235 g/mol. The summed E-state index contributed by atoms with van der Waals surface area (Å²) in [6, 6.07) is 4.34. The smallest absolute Gasteiger partial charge is 0.242 e. The van der Waals surface area contributed by atoms with E-state index in [2.05, 4.69) is 0 Å². The SMILES string of the molecule is COCC(N)C(=O)N1CCc2cccc(F)c2C1. The number of nitrogens with two attached hydrogens (primary N) is 1. The predicted octanol–water partition coefficient (Wildman–Crippen LogP) is 0.684.